The first-order chi connectivity index (χ1) is 8.70. The summed E-state index contributed by atoms with van der Waals surface area (Å²) in [5.41, 5.74) is 10.2. The fraction of sp³-hybridized carbons (Fsp3) is 0.250. The third-order valence-electron chi connectivity index (χ3n) is 2.89. The van der Waals surface area contributed by atoms with Gasteiger partial charge < -0.3 is 10.5 Å². The third kappa shape index (κ3) is 2.83. The Morgan fingerprint density at radius 3 is 2.39 bits per heavy atom. The van der Waals surface area contributed by atoms with Crippen LogP contribution in [0.15, 0.2) is 42.5 Å². The van der Waals surface area contributed by atoms with Crippen molar-refractivity contribution in [2.24, 2.45) is 0 Å². The molecule has 2 nitrogen and oxygen atoms in total. The molecule has 0 aromatic heterocycles. The predicted molar refractivity (Wildman–Crippen MR) is 76.8 cm³/mol. The molecule has 94 valence electrons. The Morgan fingerprint density at radius 2 is 1.78 bits per heavy atom. The zero-order chi connectivity index (χ0) is 13.0. The number of hydrogen-bond donors (Lipinski definition) is 1. The Balaban J connectivity index is 2.23. The van der Waals surface area contributed by atoms with Crippen molar-refractivity contribution < 1.29 is 4.74 Å². The first-order valence-electron chi connectivity index (χ1n) is 6.30. The van der Waals surface area contributed by atoms with E-state index in [-0.39, 0.29) is 0 Å². The highest BCUT2D eigenvalue weighted by Gasteiger charge is 2.02. The second kappa shape index (κ2) is 5.58. The van der Waals surface area contributed by atoms with E-state index in [2.05, 4.69) is 32.0 Å². The van der Waals surface area contributed by atoms with Gasteiger partial charge in [0.1, 0.15) is 5.75 Å². The smallest absolute Gasteiger partial charge is 0.119 e. The van der Waals surface area contributed by atoms with Gasteiger partial charge in [-0.1, -0.05) is 25.1 Å². The van der Waals surface area contributed by atoms with E-state index in [1.54, 1.807) is 0 Å². The topological polar surface area (TPSA) is 35.2 Å². The SMILES string of the molecule is CCCOc1ccc(-c2ccc(N)cc2C)cc1. The number of anilines is 1. The summed E-state index contributed by atoms with van der Waals surface area (Å²) in [7, 11) is 0. The maximum atomic E-state index is 5.76. The van der Waals surface area contributed by atoms with Gasteiger partial charge in [-0.15, -0.1) is 0 Å². The largest absolute Gasteiger partial charge is 0.494 e. The van der Waals surface area contributed by atoms with E-state index in [4.69, 9.17) is 10.5 Å². The Kier molecular flexibility index (Phi) is 3.88. The Hall–Kier alpha value is -1.96. The van der Waals surface area contributed by atoms with Crippen LogP contribution >= 0.6 is 0 Å². The Morgan fingerprint density at radius 1 is 1.06 bits per heavy atom. The molecule has 2 rings (SSSR count). The van der Waals surface area contributed by atoms with Gasteiger partial charge in [0.25, 0.3) is 0 Å². The molecule has 0 saturated heterocycles. The van der Waals surface area contributed by atoms with Crippen molar-refractivity contribution in [1.82, 2.24) is 0 Å². The van der Waals surface area contributed by atoms with Crippen LogP contribution in [0.25, 0.3) is 11.1 Å². The molecule has 2 aromatic carbocycles. The van der Waals surface area contributed by atoms with E-state index in [9.17, 15) is 0 Å². The van der Waals surface area contributed by atoms with Crippen molar-refractivity contribution in [1.29, 1.82) is 0 Å². The molecule has 0 aliphatic rings. The molecular weight excluding hydrogens is 222 g/mol. The van der Waals surface area contributed by atoms with Crippen molar-refractivity contribution in [2.45, 2.75) is 20.3 Å². The number of nitrogens with two attached hydrogens (primary N) is 1. The molecule has 0 aliphatic heterocycles. The minimum atomic E-state index is 0.764. The molecule has 0 heterocycles. The van der Waals surface area contributed by atoms with Crippen molar-refractivity contribution in [2.75, 3.05) is 12.3 Å². The van der Waals surface area contributed by atoms with Gasteiger partial charge in [0.05, 0.1) is 6.61 Å². The van der Waals surface area contributed by atoms with Crippen LogP contribution in [0.4, 0.5) is 5.69 Å². The average molecular weight is 241 g/mol. The summed E-state index contributed by atoms with van der Waals surface area (Å²) in [6.07, 6.45) is 1.03. The van der Waals surface area contributed by atoms with Crippen LogP contribution in [0.3, 0.4) is 0 Å². The molecule has 0 radical (unpaired) electrons. The molecule has 0 fully saturated rings. The summed E-state index contributed by atoms with van der Waals surface area (Å²) >= 11 is 0. The molecule has 0 saturated carbocycles. The van der Waals surface area contributed by atoms with Gasteiger partial charge in [0.15, 0.2) is 0 Å². The van der Waals surface area contributed by atoms with Crippen molar-refractivity contribution in [3.05, 3.63) is 48.0 Å². The van der Waals surface area contributed by atoms with Gasteiger partial charge in [-0.05, 0) is 54.3 Å². The van der Waals surface area contributed by atoms with Crippen molar-refractivity contribution in [3.63, 3.8) is 0 Å². The number of ether oxygens (including phenoxy) is 1. The molecule has 18 heavy (non-hydrogen) atoms. The van der Waals surface area contributed by atoms with E-state index < -0.39 is 0 Å². The van der Waals surface area contributed by atoms with E-state index in [0.717, 1.165) is 24.5 Å². The molecule has 0 bridgehead atoms. The lowest BCUT2D eigenvalue weighted by Crippen LogP contribution is -1.94. The summed E-state index contributed by atoms with van der Waals surface area (Å²) in [5, 5.41) is 0. The molecule has 0 aliphatic carbocycles. The summed E-state index contributed by atoms with van der Waals surface area (Å²) in [6, 6.07) is 14.2. The van der Waals surface area contributed by atoms with E-state index in [1.165, 1.54) is 16.7 Å². The van der Waals surface area contributed by atoms with Gasteiger partial charge in [-0.2, -0.15) is 0 Å². The Bertz CT molecular complexity index is 517. The highest BCUT2D eigenvalue weighted by Crippen LogP contribution is 2.26. The molecule has 2 heteroatoms. The molecule has 0 atom stereocenters. The van der Waals surface area contributed by atoms with Gasteiger partial charge in [0.2, 0.25) is 0 Å². The zero-order valence-corrected chi connectivity index (χ0v) is 10.9. The van der Waals surface area contributed by atoms with E-state index in [0.29, 0.717) is 0 Å². The molecule has 0 amide bonds. The van der Waals surface area contributed by atoms with E-state index in [1.807, 2.05) is 24.3 Å². The van der Waals surface area contributed by atoms with Crippen LogP contribution in [0.2, 0.25) is 0 Å². The van der Waals surface area contributed by atoms with Crippen LogP contribution in [-0.2, 0) is 0 Å². The quantitative estimate of drug-likeness (QED) is 0.820. The molecule has 2 N–H and O–H groups in total. The van der Waals surface area contributed by atoms with Gasteiger partial charge in [-0.3, -0.25) is 0 Å². The van der Waals surface area contributed by atoms with Crippen LogP contribution < -0.4 is 10.5 Å². The lowest BCUT2D eigenvalue weighted by Gasteiger charge is -2.09. The lowest BCUT2D eigenvalue weighted by atomic mass is 10.00. The van der Waals surface area contributed by atoms with Crippen molar-refractivity contribution in [3.8, 4) is 16.9 Å². The summed E-state index contributed by atoms with van der Waals surface area (Å²) < 4.78 is 5.58. The standard InChI is InChI=1S/C16H19NO/c1-3-10-18-15-7-4-13(5-8-15)16-9-6-14(17)11-12(16)2/h4-9,11H,3,10,17H2,1-2H3. The number of rotatable bonds is 4. The second-order valence-corrected chi connectivity index (χ2v) is 4.45. The van der Waals surface area contributed by atoms with Crippen LogP contribution in [0.1, 0.15) is 18.9 Å². The summed E-state index contributed by atoms with van der Waals surface area (Å²) in [5.74, 6) is 0.925. The monoisotopic (exact) mass is 241 g/mol. The lowest BCUT2D eigenvalue weighted by molar-refractivity contribution is 0.317. The molecular formula is C16H19NO. The fourth-order valence-electron chi connectivity index (χ4n) is 1.96. The van der Waals surface area contributed by atoms with Gasteiger partial charge in [-0.25, -0.2) is 0 Å². The van der Waals surface area contributed by atoms with Gasteiger partial charge in [0, 0.05) is 5.69 Å². The fourth-order valence-corrected chi connectivity index (χ4v) is 1.96. The average Bonchev–Trinajstić information content (AvgIpc) is 2.37. The first kappa shape index (κ1) is 12.5. The van der Waals surface area contributed by atoms with Crippen LogP contribution in [0, 0.1) is 6.92 Å². The molecule has 2 aromatic rings. The zero-order valence-electron chi connectivity index (χ0n) is 10.9. The normalized spacial score (nSPS) is 10.3. The van der Waals surface area contributed by atoms with Gasteiger partial charge >= 0.3 is 0 Å². The van der Waals surface area contributed by atoms with Crippen LogP contribution in [0.5, 0.6) is 5.75 Å². The predicted octanol–water partition coefficient (Wildman–Crippen LogP) is 4.03. The van der Waals surface area contributed by atoms with Crippen LogP contribution in [-0.4, -0.2) is 6.61 Å². The Labute approximate surface area is 108 Å². The maximum absolute atomic E-state index is 5.76. The van der Waals surface area contributed by atoms with E-state index >= 15 is 0 Å². The first-order valence-corrected chi connectivity index (χ1v) is 6.30. The highest BCUT2D eigenvalue weighted by molar-refractivity contribution is 5.70. The number of aryl methyl sites for hydroxylation is 1. The molecule has 0 unspecified atom stereocenters. The van der Waals surface area contributed by atoms with Crippen molar-refractivity contribution >= 4 is 5.69 Å². The summed E-state index contributed by atoms with van der Waals surface area (Å²) in [4.78, 5) is 0. The minimum absolute atomic E-state index is 0.764. The number of nitrogen functional groups attached to an aromatic ring is 1. The number of benzene rings is 2. The molecule has 0 spiro atoms. The minimum Gasteiger partial charge on any atom is -0.494 e. The second-order valence-electron chi connectivity index (χ2n) is 4.45. The number of hydrogen-bond acceptors (Lipinski definition) is 2. The maximum Gasteiger partial charge on any atom is 0.119 e. The summed E-state index contributed by atoms with van der Waals surface area (Å²) in [6.45, 7) is 4.94. The third-order valence-corrected chi connectivity index (χ3v) is 2.89. The highest BCUT2D eigenvalue weighted by atomic mass is 16.5.